The summed E-state index contributed by atoms with van der Waals surface area (Å²) in [5.74, 6) is 0. The minimum atomic E-state index is -0.132. The van der Waals surface area contributed by atoms with Crippen LogP contribution in [-0.2, 0) is 0 Å². The number of benzene rings is 1. The number of rotatable bonds is 3. The smallest absolute Gasteiger partial charge is 0.321 e. The number of hydrogen-bond donors (Lipinski definition) is 3. The summed E-state index contributed by atoms with van der Waals surface area (Å²) in [5.41, 5.74) is 1.98. The standard InChI is InChI=1S/C15H21N3O2/c19-14-6-4-11(5-7-14)17-12-2-1-3-13(10-12)18-9-8-16-15(18)20/h1-3,10-11,14,17,19H,4-9H2,(H,16,20). The van der Waals surface area contributed by atoms with Gasteiger partial charge in [-0.1, -0.05) is 6.07 Å². The van der Waals surface area contributed by atoms with Gasteiger partial charge in [0.25, 0.3) is 0 Å². The van der Waals surface area contributed by atoms with Gasteiger partial charge in [-0.3, -0.25) is 4.90 Å². The fraction of sp³-hybridized carbons (Fsp3) is 0.533. The van der Waals surface area contributed by atoms with Crippen molar-refractivity contribution in [3.05, 3.63) is 24.3 Å². The van der Waals surface area contributed by atoms with Crippen LogP contribution in [0.5, 0.6) is 0 Å². The second-order valence-corrected chi connectivity index (χ2v) is 5.58. The summed E-state index contributed by atoms with van der Waals surface area (Å²) in [5, 5.41) is 15.9. The van der Waals surface area contributed by atoms with Crippen LogP contribution in [0.4, 0.5) is 16.2 Å². The summed E-state index contributed by atoms with van der Waals surface area (Å²) in [4.78, 5) is 13.4. The van der Waals surface area contributed by atoms with Gasteiger partial charge in [0, 0.05) is 30.5 Å². The van der Waals surface area contributed by atoms with Crippen molar-refractivity contribution in [2.45, 2.75) is 37.8 Å². The zero-order valence-corrected chi connectivity index (χ0v) is 11.5. The molecule has 2 fully saturated rings. The summed E-state index contributed by atoms with van der Waals surface area (Å²) in [7, 11) is 0. The molecule has 3 rings (SSSR count). The van der Waals surface area contributed by atoms with Crippen LogP contribution in [-0.4, -0.2) is 36.4 Å². The molecule has 0 radical (unpaired) electrons. The second kappa shape index (κ2) is 5.71. The summed E-state index contributed by atoms with van der Waals surface area (Å²) in [6.45, 7) is 1.43. The van der Waals surface area contributed by atoms with Crippen LogP contribution in [0.15, 0.2) is 24.3 Å². The highest BCUT2D eigenvalue weighted by Gasteiger charge is 2.22. The highest BCUT2D eigenvalue weighted by molar-refractivity contribution is 5.94. The van der Waals surface area contributed by atoms with E-state index >= 15 is 0 Å². The van der Waals surface area contributed by atoms with E-state index in [1.54, 1.807) is 4.90 Å². The Labute approximate surface area is 119 Å². The van der Waals surface area contributed by atoms with Crippen molar-refractivity contribution in [1.29, 1.82) is 0 Å². The molecule has 1 saturated carbocycles. The average Bonchev–Trinajstić information content (AvgIpc) is 2.88. The average molecular weight is 275 g/mol. The molecule has 5 heteroatoms. The third kappa shape index (κ3) is 2.88. The molecule has 1 aliphatic heterocycles. The summed E-state index contributed by atoms with van der Waals surface area (Å²) in [6, 6.07) is 8.38. The Morgan fingerprint density at radius 2 is 2.05 bits per heavy atom. The molecule has 1 aliphatic carbocycles. The van der Waals surface area contributed by atoms with Crippen LogP contribution in [0.2, 0.25) is 0 Å². The zero-order valence-electron chi connectivity index (χ0n) is 11.5. The van der Waals surface area contributed by atoms with E-state index in [0.29, 0.717) is 12.6 Å². The minimum Gasteiger partial charge on any atom is -0.393 e. The Bertz CT molecular complexity index is 484. The predicted molar refractivity (Wildman–Crippen MR) is 79.1 cm³/mol. The lowest BCUT2D eigenvalue weighted by Crippen LogP contribution is -2.29. The van der Waals surface area contributed by atoms with Crippen molar-refractivity contribution in [3.8, 4) is 0 Å². The van der Waals surface area contributed by atoms with Gasteiger partial charge in [0.2, 0.25) is 0 Å². The van der Waals surface area contributed by atoms with Gasteiger partial charge in [0.05, 0.1) is 6.10 Å². The van der Waals surface area contributed by atoms with Crippen molar-refractivity contribution in [2.24, 2.45) is 0 Å². The lowest BCUT2D eigenvalue weighted by Gasteiger charge is -2.27. The van der Waals surface area contributed by atoms with Crippen LogP contribution < -0.4 is 15.5 Å². The normalized spacial score (nSPS) is 26.4. The largest absolute Gasteiger partial charge is 0.393 e. The van der Waals surface area contributed by atoms with Crippen LogP contribution in [0.1, 0.15) is 25.7 Å². The SMILES string of the molecule is O=C1NCCN1c1cccc(NC2CCC(O)CC2)c1. The molecule has 3 N–H and O–H groups in total. The number of carbonyl (C=O) groups excluding carboxylic acids is 1. The number of aliphatic hydroxyl groups excluding tert-OH is 1. The molecule has 2 aliphatic rings. The molecule has 0 bridgehead atoms. The van der Waals surface area contributed by atoms with Gasteiger partial charge >= 0.3 is 6.03 Å². The molecule has 1 aromatic rings. The van der Waals surface area contributed by atoms with E-state index in [0.717, 1.165) is 43.6 Å². The second-order valence-electron chi connectivity index (χ2n) is 5.58. The maximum atomic E-state index is 11.7. The Balaban J connectivity index is 1.66. The quantitative estimate of drug-likeness (QED) is 0.790. The molecule has 1 saturated heterocycles. The monoisotopic (exact) mass is 275 g/mol. The molecular weight excluding hydrogens is 254 g/mol. The lowest BCUT2D eigenvalue weighted by atomic mass is 9.93. The van der Waals surface area contributed by atoms with Gasteiger partial charge in [-0.25, -0.2) is 4.79 Å². The first-order chi connectivity index (χ1) is 9.72. The number of nitrogens with one attached hydrogen (secondary N) is 2. The number of aliphatic hydroxyl groups is 1. The molecule has 20 heavy (non-hydrogen) atoms. The molecule has 108 valence electrons. The first-order valence-electron chi connectivity index (χ1n) is 7.32. The maximum Gasteiger partial charge on any atom is 0.321 e. The number of hydrogen-bond acceptors (Lipinski definition) is 3. The van der Waals surface area contributed by atoms with Crippen molar-refractivity contribution >= 4 is 17.4 Å². The van der Waals surface area contributed by atoms with E-state index in [2.05, 4.69) is 10.6 Å². The fourth-order valence-electron chi connectivity index (χ4n) is 2.94. The van der Waals surface area contributed by atoms with Crippen molar-refractivity contribution in [2.75, 3.05) is 23.3 Å². The third-order valence-electron chi connectivity index (χ3n) is 4.08. The number of nitrogens with zero attached hydrogens (tertiary/aromatic N) is 1. The molecule has 1 aromatic carbocycles. The Hall–Kier alpha value is -1.75. The molecule has 0 aromatic heterocycles. The molecule has 5 nitrogen and oxygen atoms in total. The van der Waals surface area contributed by atoms with Gasteiger partial charge in [0.15, 0.2) is 0 Å². The first kappa shape index (κ1) is 13.2. The molecular formula is C15H21N3O2. The number of anilines is 2. The molecule has 2 amide bonds. The first-order valence-corrected chi connectivity index (χ1v) is 7.32. The van der Waals surface area contributed by atoms with E-state index < -0.39 is 0 Å². The fourth-order valence-corrected chi connectivity index (χ4v) is 2.94. The third-order valence-corrected chi connectivity index (χ3v) is 4.08. The highest BCUT2D eigenvalue weighted by Crippen LogP contribution is 2.25. The Kier molecular flexibility index (Phi) is 3.78. The van der Waals surface area contributed by atoms with Crippen molar-refractivity contribution in [1.82, 2.24) is 5.32 Å². The number of amides is 2. The van der Waals surface area contributed by atoms with Gasteiger partial charge in [-0.05, 0) is 43.9 Å². The van der Waals surface area contributed by atoms with Crippen LogP contribution in [0, 0.1) is 0 Å². The van der Waals surface area contributed by atoms with Crippen molar-refractivity contribution < 1.29 is 9.90 Å². The zero-order chi connectivity index (χ0) is 13.9. The van der Waals surface area contributed by atoms with E-state index in [1.807, 2.05) is 24.3 Å². The number of carbonyl (C=O) groups is 1. The number of urea groups is 1. The van der Waals surface area contributed by atoms with E-state index in [1.165, 1.54) is 0 Å². The summed E-state index contributed by atoms with van der Waals surface area (Å²) < 4.78 is 0. The van der Waals surface area contributed by atoms with Crippen LogP contribution in [0.25, 0.3) is 0 Å². The van der Waals surface area contributed by atoms with Gasteiger partial charge < -0.3 is 15.7 Å². The van der Waals surface area contributed by atoms with Gasteiger partial charge in [0.1, 0.15) is 0 Å². The Morgan fingerprint density at radius 3 is 2.75 bits per heavy atom. The van der Waals surface area contributed by atoms with Gasteiger partial charge in [-0.15, -0.1) is 0 Å². The minimum absolute atomic E-state index is 0.0251. The lowest BCUT2D eigenvalue weighted by molar-refractivity contribution is 0.126. The predicted octanol–water partition coefficient (Wildman–Crippen LogP) is 1.93. The molecule has 0 atom stereocenters. The maximum absolute atomic E-state index is 11.7. The van der Waals surface area contributed by atoms with Crippen molar-refractivity contribution in [3.63, 3.8) is 0 Å². The summed E-state index contributed by atoms with van der Waals surface area (Å²) >= 11 is 0. The van der Waals surface area contributed by atoms with Gasteiger partial charge in [-0.2, -0.15) is 0 Å². The van der Waals surface area contributed by atoms with E-state index in [-0.39, 0.29) is 12.1 Å². The summed E-state index contributed by atoms with van der Waals surface area (Å²) in [6.07, 6.45) is 3.59. The Morgan fingerprint density at radius 1 is 1.25 bits per heavy atom. The molecule has 0 spiro atoms. The van der Waals surface area contributed by atoms with E-state index in [4.69, 9.17) is 0 Å². The molecule has 1 heterocycles. The van der Waals surface area contributed by atoms with Crippen LogP contribution >= 0.6 is 0 Å². The molecule has 0 unspecified atom stereocenters. The van der Waals surface area contributed by atoms with E-state index in [9.17, 15) is 9.90 Å². The highest BCUT2D eigenvalue weighted by atomic mass is 16.3. The van der Waals surface area contributed by atoms with Crippen LogP contribution in [0.3, 0.4) is 0 Å². The topological polar surface area (TPSA) is 64.6 Å².